The van der Waals surface area contributed by atoms with Crippen molar-refractivity contribution in [3.8, 4) is 11.5 Å². The number of aliphatic carboxylic acids is 1. The van der Waals surface area contributed by atoms with Crippen LogP contribution in [0.25, 0.3) is 6.08 Å². The number of nitrogens with one attached hydrogen (secondary N) is 1. The number of amides is 2. The van der Waals surface area contributed by atoms with E-state index >= 15 is 0 Å². The minimum Gasteiger partial charge on any atom is -0.493 e. The first-order valence-electron chi connectivity index (χ1n) is 8.05. The second-order valence-corrected chi connectivity index (χ2v) is 6.54. The number of ether oxygens (including phenoxy) is 2. The van der Waals surface area contributed by atoms with E-state index in [1.54, 1.807) is 36.4 Å². The maximum Gasteiger partial charge on any atom is 0.341 e. The van der Waals surface area contributed by atoms with Crippen LogP contribution in [0.3, 0.4) is 0 Å². The van der Waals surface area contributed by atoms with Gasteiger partial charge in [-0.3, -0.25) is 15.0 Å². The number of hydrazine groups is 1. The molecule has 0 atom stereocenters. The second-order valence-electron chi connectivity index (χ2n) is 5.68. The van der Waals surface area contributed by atoms with Crippen molar-refractivity contribution >= 4 is 45.5 Å². The highest BCUT2D eigenvalue weighted by Crippen LogP contribution is 2.35. The van der Waals surface area contributed by atoms with Crippen molar-refractivity contribution in [1.29, 1.82) is 0 Å². The molecule has 1 saturated heterocycles. The topological polar surface area (TPSA) is 105 Å². The van der Waals surface area contributed by atoms with Gasteiger partial charge < -0.3 is 14.6 Å². The van der Waals surface area contributed by atoms with Gasteiger partial charge in [-0.2, -0.15) is 0 Å². The molecule has 1 aliphatic heterocycles. The van der Waals surface area contributed by atoms with Gasteiger partial charge >= 0.3 is 5.97 Å². The average molecular weight is 447 g/mol. The predicted molar refractivity (Wildman–Crippen MR) is 104 cm³/mol. The SMILES string of the molecule is COc1cc(C=C2C(=O)NN(c3ccccc3)C2=O)c(Br)cc1OCC(=O)O. The second kappa shape index (κ2) is 8.13. The van der Waals surface area contributed by atoms with Crippen LogP contribution in [0.2, 0.25) is 0 Å². The third-order valence-corrected chi connectivity index (χ3v) is 4.53. The molecular weight excluding hydrogens is 432 g/mol. The summed E-state index contributed by atoms with van der Waals surface area (Å²) in [6.07, 6.45) is 1.42. The van der Waals surface area contributed by atoms with E-state index in [2.05, 4.69) is 21.4 Å². The van der Waals surface area contributed by atoms with Crippen molar-refractivity contribution in [1.82, 2.24) is 5.43 Å². The molecule has 9 heteroatoms. The highest BCUT2D eigenvalue weighted by molar-refractivity contribution is 9.10. The minimum absolute atomic E-state index is 0.0502. The molecule has 0 unspecified atom stereocenters. The van der Waals surface area contributed by atoms with Crippen molar-refractivity contribution in [2.75, 3.05) is 18.7 Å². The summed E-state index contributed by atoms with van der Waals surface area (Å²) in [5, 5.41) is 9.93. The number of halogens is 1. The Morgan fingerprint density at radius 2 is 1.93 bits per heavy atom. The summed E-state index contributed by atoms with van der Waals surface area (Å²) in [5.41, 5.74) is 3.51. The first-order valence-corrected chi connectivity index (χ1v) is 8.84. The summed E-state index contributed by atoms with van der Waals surface area (Å²) < 4.78 is 10.9. The van der Waals surface area contributed by atoms with E-state index in [-0.39, 0.29) is 17.1 Å². The van der Waals surface area contributed by atoms with Crippen LogP contribution in [0.1, 0.15) is 5.56 Å². The van der Waals surface area contributed by atoms with Gasteiger partial charge in [0, 0.05) is 4.47 Å². The molecular formula is C19H15BrN2O6. The van der Waals surface area contributed by atoms with Gasteiger partial charge in [-0.05, 0) is 35.9 Å². The molecule has 2 amide bonds. The number of carboxylic acid groups (broad SMARTS) is 1. The zero-order valence-corrected chi connectivity index (χ0v) is 16.2. The molecule has 1 aliphatic rings. The predicted octanol–water partition coefficient (Wildman–Crippen LogP) is 2.38. The number of carbonyl (C=O) groups is 3. The van der Waals surface area contributed by atoms with Crippen LogP contribution in [-0.4, -0.2) is 36.6 Å². The van der Waals surface area contributed by atoms with Gasteiger partial charge in [-0.25, -0.2) is 9.80 Å². The number of rotatable bonds is 6. The van der Waals surface area contributed by atoms with Crippen molar-refractivity contribution < 1.29 is 29.0 Å². The quantitative estimate of drug-likeness (QED) is 0.521. The standard InChI is InChI=1S/C19H15BrN2O6/c1-27-15-8-11(14(20)9-16(15)28-10-17(23)24)7-13-18(25)21-22(19(13)26)12-5-3-2-4-6-12/h2-9H,10H2,1H3,(H,21,25)(H,23,24). The molecule has 0 bridgehead atoms. The molecule has 2 aromatic rings. The smallest absolute Gasteiger partial charge is 0.341 e. The van der Waals surface area contributed by atoms with Crippen LogP contribution in [0.4, 0.5) is 5.69 Å². The van der Waals surface area contributed by atoms with Crippen LogP contribution in [0.5, 0.6) is 11.5 Å². The molecule has 2 aromatic carbocycles. The van der Waals surface area contributed by atoms with E-state index in [9.17, 15) is 14.4 Å². The van der Waals surface area contributed by atoms with Gasteiger partial charge in [0.25, 0.3) is 11.8 Å². The van der Waals surface area contributed by atoms with Crippen LogP contribution < -0.4 is 19.9 Å². The first-order chi connectivity index (χ1) is 13.4. The monoisotopic (exact) mass is 446 g/mol. The maximum atomic E-state index is 12.7. The number of hydrogen-bond donors (Lipinski definition) is 2. The Bertz CT molecular complexity index is 974. The molecule has 1 heterocycles. The summed E-state index contributed by atoms with van der Waals surface area (Å²) in [5.74, 6) is -1.67. The molecule has 144 valence electrons. The lowest BCUT2D eigenvalue weighted by Crippen LogP contribution is -2.35. The van der Waals surface area contributed by atoms with Gasteiger partial charge in [0.05, 0.1) is 12.8 Å². The lowest BCUT2D eigenvalue weighted by Gasteiger charge is -2.14. The molecule has 1 fully saturated rings. The van der Waals surface area contributed by atoms with E-state index < -0.39 is 24.4 Å². The normalized spacial score (nSPS) is 14.9. The van der Waals surface area contributed by atoms with Crippen molar-refractivity contribution in [2.24, 2.45) is 0 Å². The lowest BCUT2D eigenvalue weighted by molar-refractivity contribution is -0.139. The van der Waals surface area contributed by atoms with Crippen LogP contribution in [0, 0.1) is 0 Å². The summed E-state index contributed by atoms with van der Waals surface area (Å²) >= 11 is 3.34. The van der Waals surface area contributed by atoms with E-state index in [1.807, 2.05) is 0 Å². The fraction of sp³-hybridized carbons (Fsp3) is 0.105. The Morgan fingerprint density at radius 1 is 1.21 bits per heavy atom. The highest BCUT2D eigenvalue weighted by Gasteiger charge is 2.34. The zero-order chi connectivity index (χ0) is 20.3. The summed E-state index contributed by atoms with van der Waals surface area (Å²) in [6.45, 7) is -0.532. The molecule has 0 aliphatic carbocycles. The van der Waals surface area contributed by atoms with Crippen molar-refractivity contribution in [2.45, 2.75) is 0 Å². The average Bonchev–Trinajstić information content (AvgIpc) is 2.96. The molecule has 3 rings (SSSR count). The van der Waals surface area contributed by atoms with E-state index in [0.29, 0.717) is 15.7 Å². The third-order valence-electron chi connectivity index (χ3n) is 3.84. The van der Waals surface area contributed by atoms with E-state index in [0.717, 1.165) is 0 Å². The number of anilines is 1. The van der Waals surface area contributed by atoms with Crippen molar-refractivity contribution in [3.05, 3.63) is 58.1 Å². The molecule has 2 N–H and O–H groups in total. The first kappa shape index (κ1) is 19.4. The number of hydrogen-bond acceptors (Lipinski definition) is 5. The Morgan fingerprint density at radius 3 is 2.57 bits per heavy atom. The van der Waals surface area contributed by atoms with Gasteiger partial charge in [-0.1, -0.05) is 34.1 Å². The Labute approximate surface area is 168 Å². The number of methoxy groups -OCH3 is 1. The number of para-hydroxylation sites is 1. The third kappa shape index (κ3) is 3.99. The number of nitrogens with zero attached hydrogens (tertiary/aromatic N) is 1. The Hall–Kier alpha value is -3.33. The molecule has 8 nitrogen and oxygen atoms in total. The van der Waals surface area contributed by atoms with Crippen LogP contribution >= 0.6 is 15.9 Å². The largest absolute Gasteiger partial charge is 0.493 e. The fourth-order valence-electron chi connectivity index (χ4n) is 2.55. The van der Waals surface area contributed by atoms with Crippen molar-refractivity contribution in [3.63, 3.8) is 0 Å². The lowest BCUT2D eigenvalue weighted by atomic mass is 10.1. The number of benzene rings is 2. The Kier molecular flexibility index (Phi) is 5.65. The van der Waals surface area contributed by atoms with E-state index in [4.69, 9.17) is 14.6 Å². The molecule has 0 spiro atoms. The van der Waals surface area contributed by atoms with Gasteiger partial charge in [0.2, 0.25) is 0 Å². The molecule has 0 radical (unpaired) electrons. The summed E-state index contributed by atoms with van der Waals surface area (Å²) in [7, 11) is 1.40. The van der Waals surface area contributed by atoms with E-state index in [1.165, 1.54) is 24.3 Å². The highest BCUT2D eigenvalue weighted by atomic mass is 79.9. The molecule has 0 saturated carbocycles. The minimum atomic E-state index is -1.13. The summed E-state index contributed by atoms with van der Waals surface area (Å²) in [6, 6.07) is 11.8. The molecule has 0 aromatic heterocycles. The van der Waals surface area contributed by atoms with Crippen LogP contribution in [0.15, 0.2) is 52.5 Å². The Balaban J connectivity index is 1.93. The van der Waals surface area contributed by atoms with Gasteiger partial charge in [-0.15, -0.1) is 0 Å². The number of carbonyl (C=O) groups excluding carboxylic acids is 2. The van der Waals surface area contributed by atoms with Gasteiger partial charge in [0.1, 0.15) is 5.57 Å². The number of carboxylic acids is 1. The van der Waals surface area contributed by atoms with Crippen LogP contribution in [-0.2, 0) is 14.4 Å². The fourth-order valence-corrected chi connectivity index (χ4v) is 2.98. The molecule has 28 heavy (non-hydrogen) atoms. The summed E-state index contributed by atoms with van der Waals surface area (Å²) in [4.78, 5) is 35.7. The zero-order valence-electron chi connectivity index (χ0n) is 14.6. The van der Waals surface area contributed by atoms with Gasteiger partial charge in [0.15, 0.2) is 18.1 Å². The maximum absolute atomic E-state index is 12.7.